The number of nitrogens with zero attached hydrogens (tertiary/aromatic N) is 3. The first-order valence-electron chi connectivity index (χ1n) is 45.0. The lowest BCUT2D eigenvalue weighted by Crippen LogP contribution is -2.61. The number of aliphatic hydroxyl groups is 2. The first kappa shape index (κ1) is 105. The molecule has 2 aromatic carbocycles. The standard InChI is InChI=1S/C94H140FN7O24S/c1-62-16-12-11-13-17-64(3)80(112-8)59-73-24-20-67(6)94(111,126-73)89(106)91(108)102-34-15-14-18-76(102)92(109)124-78(26-19-63(2)55-66(5)87(105)88(114-10)86(104)65(4)54-62)75(96)56-69-21-27-79(81(57-69)113-9)125-93(110)99-32-37-116-40-42-118-44-46-120-48-50-122-52-51-121-49-47-119-45-43-117-41-39-115-36-31-84(103)98-33-53-127-82-29-25-74(68(7)85(82)95)90(107)101-35-38-123-77-28-22-70(58-72(77)61-101)71-23-30-83(97)100-60-71/h11-13,16-17,22-23,25,28-30,55,58,60,62-63,65,67,69,73,75-76,78-81,87-88,105,111H,14-15,18-21,24,26-27,31-54,56-57,59,61,96H2,1-10H3,(H2,97,100)(H,98,103)(H,99,110)/b13-11?,16-12+,64-17?,66-55+/t62-,63+,65-,67-,69+,73+,75-,76+,78+,79-,80+,81-,87-,88+,94-/m1/s1. The number of ketones is 2. The van der Waals surface area contributed by atoms with Gasteiger partial charge in [-0.25, -0.2) is 19.0 Å². The molecular weight excluding hydrogens is 1660 g/mol. The molecule has 1 saturated carbocycles. The molecule has 8 N–H and O–H groups in total. The molecule has 5 heterocycles. The number of hydrogen-bond donors (Lipinski definition) is 6. The van der Waals surface area contributed by atoms with Gasteiger partial charge in [0.2, 0.25) is 11.7 Å². The number of pyridine rings is 1. The highest BCUT2D eigenvalue weighted by Crippen LogP contribution is 2.39. The molecule has 2 saturated heterocycles. The summed E-state index contributed by atoms with van der Waals surface area (Å²) in [4.78, 5) is 104. The molecule has 0 radical (unpaired) electrons. The number of carbonyl (C=O) groups excluding carboxylic acids is 7. The molecule has 15 atom stereocenters. The van der Waals surface area contributed by atoms with Crippen LogP contribution in [0.15, 0.2) is 101 Å². The van der Waals surface area contributed by atoms with E-state index in [9.17, 15) is 43.8 Å². The Kier molecular flexibility index (Phi) is 46.3. The van der Waals surface area contributed by atoms with Crippen molar-refractivity contribution in [2.45, 2.75) is 210 Å². The normalized spacial score (nSPS) is 26.2. The van der Waals surface area contributed by atoms with Crippen LogP contribution in [-0.2, 0) is 96.8 Å². The van der Waals surface area contributed by atoms with Gasteiger partial charge in [0.1, 0.15) is 54.4 Å². The van der Waals surface area contributed by atoms with Crippen molar-refractivity contribution in [3.8, 4) is 16.9 Å². The average molecular weight is 1800 g/mol. The quantitative estimate of drug-likeness (QED) is 0.0101. The van der Waals surface area contributed by atoms with E-state index in [0.717, 1.165) is 22.3 Å². The predicted octanol–water partition coefficient (Wildman–Crippen LogP) is 9.98. The number of ether oxygens (including phenoxy) is 15. The molecule has 0 spiro atoms. The summed E-state index contributed by atoms with van der Waals surface area (Å²) in [7, 11) is 4.55. The molecule has 708 valence electrons. The number of nitrogens with one attached hydrogen (secondary N) is 2. The SMILES string of the molecule is CO[C@H]1C[C@@H]2CC[C@@H](C)[C@@](O)(O2)C(=O)C(=O)N2CCCC[C@H]2C(=O)O[C@H]([C@H](N)C[C@@H]2CC[C@@H](OC(=O)NCCOCCOCCOCCOCCOCCOCCOCCOCCC(=O)NCCSc3ccc(C(=O)N4CCOc5ccc(-c6ccc(N)nc6)cc5C4)c(C)c3F)[C@H](OC)C2)CC[C@H](C)/C=C(\C)[C@@H](O)[C@@H](OC)C(=O)[C@H](C)C[C@H](C)/C=C/C=CC=C1C. The summed E-state index contributed by atoms with van der Waals surface area (Å²) in [6.45, 7) is 19.8. The zero-order chi connectivity index (χ0) is 91.6. The van der Waals surface area contributed by atoms with Crippen LogP contribution in [0.2, 0.25) is 0 Å². The zero-order valence-electron chi connectivity index (χ0n) is 76.0. The topological polar surface area (TPSA) is 394 Å². The van der Waals surface area contributed by atoms with Gasteiger partial charge < -0.3 is 113 Å². The van der Waals surface area contributed by atoms with Gasteiger partial charge >= 0.3 is 12.1 Å². The Bertz CT molecular complexity index is 4030. The zero-order valence-corrected chi connectivity index (χ0v) is 76.8. The number of nitrogens with two attached hydrogens (primary N) is 2. The maximum Gasteiger partial charge on any atom is 0.407 e. The molecule has 31 nitrogen and oxygen atoms in total. The minimum absolute atomic E-state index is 0.0170. The van der Waals surface area contributed by atoms with E-state index in [1.807, 2.05) is 88.4 Å². The number of anilines is 1. The third-order valence-corrected chi connectivity index (χ3v) is 24.8. The van der Waals surface area contributed by atoms with E-state index < -0.39 is 102 Å². The number of esters is 1. The molecule has 4 aliphatic heterocycles. The van der Waals surface area contributed by atoms with Crippen molar-refractivity contribution in [3.63, 3.8) is 0 Å². The highest BCUT2D eigenvalue weighted by molar-refractivity contribution is 7.99. The molecule has 127 heavy (non-hydrogen) atoms. The molecule has 4 amide bonds. The third kappa shape index (κ3) is 34.2. The Labute approximate surface area is 752 Å². The second kappa shape index (κ2) is 56.1. The second-order valence-corrected chi connectivity index (χ2v) is 34.6. The molecule has 33 heteroatoms. The van der Waals surface area contributed by atoms with Gasteiger partial charge in [-0.3, -0.25) is 24.0 Å². The second-order valence-electron chi connectivity index (χ2n) is 33.4. The van der Waals surface area contributed by atoms with Crippen molar-refractivity contribution >= 4 is 58.9 Å². The van der Waals surface area contributed by atoms with Crippen LogP contribution >= 0.6 is 11.8 Å². The van der Waals surface area contributed by atoms with E-state index >= 15 is 4.39 Å². The highest BCUT2D eigenvalue weighted by atomic mass is 32.2. The number of alkyl carbamates (subject to hydrolysis) is 1. The Morgan fingerprint density at radius 2 is 1.35 bits per heavy atom. The van der Waals surface area contributed by atoms with Gasteiger partial charge in [0.05, 0.1) is 131 Å². The summed E-state index contributed by atoms with van der Waals surface area (Å²) in [5, 5.41) is 29.4. The van der Waals surface area contributed by atoms with Gasteiger partial charge in [-0.2, -0.15) is 0 Å². The van der Waals surface area contributed by atoms with Crippen molar-refractivity contribution in [1.29, 1.82) is 0 Å². The summed E-state index contributed by atoms with van der Waals surface area (Å²) in [5.41, 5.74) is 17.5. The van der Waals surface area contributed by atoms with Crippen LogP contribution in [0, 0.1) is 42.3 Å². The van der Waals surface area contributed by atoms with Crippen molar-refractivity contribution in [1.82, 2.24) is 25.4 Å². The summed E-state index contributed by atoms with van der Waals surface area (Å²) in [6.07, 6.45) is 13.1. The molecule has 8 rings (SSSR count). The van der Waals surface area contributed by atoms with E-state index in [2.05, 4.69) is 15.6 Å². The van der Waals surface area contributed by atoms with Crippen LogP contribution in [0.25, 0.3) is 11.1 Å². The van der Waals surface area contributed by atoms with Gasteiger partial charge in [0.25, 0.3) is 17.6 Å². The first-order valence-corrected chi connectivity index (χ1v) is 46.0. The number of Topliss-reactive ketones (excluding diaryl/α,β-unsaturated/α-hetero) is 2. The molecule has 1 aromatic heterocycles. The molecule has 2 bridgehead atoms. The number of fused-ring (bicyclic) bond motifs is 4. The monoisotopic (exact) mass is 1800 g/mol. The number of carbonyl (C=O) groups is 7. The van der Waals surface area contributed by atoms with E-state index in [4.69, 9.17) is 82.5 Å². The minimum Gasteiger partial charge on any atom is -0.491 e. The Morgan fingerprint density at radius 1 is 0.685 bits per heavy atom. The van der Waals surface area contributed by atoms with Crippen molar-refractivity contribution in [2.24, 2.45) is 35.3 Å². The molecule has 0 unspecified atom stereocenters. The van der Waals surface area contributed by atoms with Gasteiger partial charge in [-0.05, 0) is 174 Å². The molecule has 3 fully saturated rings. The van der Waals surface area contributed by atoms with Crippen molar-refractivity contribution < 1.29 is 119 Å². The van der Waals surface area contributed by atoms with Gasteiger partial charge in [0, 0.05) is 112 Å². The Hall–Kier alpha value is -7.68. The summed E-state index contributed by atoms with van der Waals surface area (Å²) >= 11 is 1.26. The van der Waals surface area contributed by atoms with Crippen LogP contribution < -0.4 is 26.8 Å². The molecule has 1 aliphatic carbocycles. The number of cyclic esters (lactones) is 1. The Morgan fingerprint density at radius 3 is 1.99 bits per heavy atom. The lowest BCUT2D eigenvalue weighted by atomic mass is 9.80. The third-order valence-electron chi connectivity index (χ3n) is 23.8. The number of rotatable bonds is 40. The number of halogens is 1. The summed E-state index contributed by atoms with van der Waals surface area (Å²) in [5.74, 6) is -6.35. The smallest absolute Gasteiger partial charge is 0.407 e. The number of benzene rings is 2. The number of nitrogen functional groups attached to an aromatic ring is 1. The fourth-order valence-corrected chi connectivity index (χ4v) is 17.2. The lowest BCUT2D eigenvalue weighted by Gasteiger charge is -2.42. The lowest BCUT2D eigenvalue weighted by molar-refractivity contribution is -0.265. The van der Waals surface area contributed by atoms with E-state index in [1.165, 1.54) is 23.8 Å². The van der Waals surface area contributed by atoms with Gasteiger partial charge in [0.15, 0.2) is 5.78 Å². The van der Waals surface area contributed by atoms with Crippen LogP contribution in [0.4, 0.5) is 15.0 Å². The highest BCUT2D eigenvalue weighted by Gasteiger charge is 2.53. The van der Waals surface area contributed by atoms with Crippen molar-refractivity contribution in [3.05, 3.63) is 119 Å². The van der Waals surface area contributed by atoms with Crippen LogP contribution in [0.1, 0.15) is 153 Å². The summed E-state index contributed by atoms with van der Waals surface area (Å²) < 4.78 is 102. The molecule has 5 aliphatic rings. The van der Waals surface area contributed by atoms with E-state index in [0.29, 0.717) is 217 Å². The number of amides is 4. The number of aliphatic hydroxyl groups excluding tert-OH is 1. The Balaban J connectivity index is 0.634. The van der Waals surface area contributed by atoms with E-state index in [-0.39, 0.29) is 92.0 Å². The number of hydrogen-bond acceptors (Lipinski definition) is 28. The first-order chi connectivity index (χ1) is 61.2. The number of allylic oxidation sites excluding steroid dienone is 6. The number of piperidine rings is 1. The minimum atomic E-state index is -2.46. The van der Waals surface area contributed by atoms with Crippen LogP contribution in [0.5, 0.6) is 5.75 Å². The predicted molar refractivity (Wildman–Crippen MR) is 476 cm³/mol. The molecular formula is C94H140FN7O24S. The van der Waals surface area contributed by atoms with Gasteiger partial charge in [-0.15, -0.1) is 11.8 Å². The van der Waals surface area contributed by atoms with Crippen LogP contribution in [0.3, 0.4) is 0 Å². The maximum absolute atomic E-state index is 15.7. The maximum atomic E-state index is 15.7. The van der Waals surface area contributed by atoms with Gasteiger partial charge in [-0.1, -0.05) is 70.2 Å². The summed E-state index contributed by atoms with van der Waals surface area (Å²) in [6, 6.07) is 10.8. The fourth-order valence-electron chi connectivity index (χ4n) is 16.3. The molecule has 3 aromatic rings. The largest absolute Gasteiger partial charge is 0.491 e. The number of aromatic nitrogens is 1. The number of thioether (sulfide) groups is 1. The average Bonchev–Trinajstić information content (AvgIpc) is 0.829. The van der Waals surface area contributed by atoms with Crippen LogP contribution in [-0.4, -0.2) is 293 Å². The fraction of sp³-hybridized carbons (Fsp3) is 0.660. The van der Waals surface area contributed by atoms with E-state index in [1.54, 1.807) is 64.3 Å². The van der Waals surface area contributed by atoms with Crippen molar-refractivity contribution in [2.75, 3.05) is 171 Å². The number of methoxy groups -OCH3 is 3.